The van der Waals surface area contributed by atoms with Crippen LogP contribution in [0.1, 0.15) is 22.7 Å². The minimum atomic E-state index is -4.51. The number of nitrogens with two attached hydrogens (primary N) is 1. The number of nitrogens with one attached hydrogen (secondary N) is 3. The van der Waals surface area contributed by atoms with Gasteiger partial charge in [-0.15, -0.1) is 0 Å². The van der Waals surface area contributed by atoms with Crippen LogP contribution < -0.4 is 25.2 Å². The van der Waals surface area contributed by atoms with Gasteiger partial charge in [0.2, 0.25) is 10.0 Å². The largest absolute Gasteiger partial charge is 0.493 e. The van der Waals surface area contributed by atoms with E-state index >= 15 is 0 Å². The zero-order valence-electron chi connectivity index (χ0n) is 23.3. The summed E-state index contributed by atoms with van der Waals surface area (Å²) in [6, 6.07) is 22.7. The molecule has 0 saturated carbocycles. The van der Waals surface area contributed by atoms with Crippen molar-refractivity contribution in [2.75, 3.05) is 19.0 Å². The van der Waals surface area contributed by atoms with Gasteiger partial charge < -0.3 is 20.5 Å². The summed E-state index contributed by atoms with van der Waals surface area (Å²) < 4.78 is 40.4. The number of nitro groups is 2. The van der Waals surface area contributed by atoms with E-state index in [1.165, 1.54) is 7.11 Å². The molecule has 0 fully saturated rings. The van der Waals surface area contributed by atoms with Crippen LogP contribution in [-0.2, 0) is 16.6 Å². The van der Waals surface area contributed by atoms with Crippen LogP contribution in [0.5, 0.6) is 11.5 Å². The molecule has 0 aliphatic rings. The fourth-order valence-electron chi connectivity index (χ4n) is 4.21. The van der Waals surface area contributed by atoms with E-state index in [9.17, 15) is 28.6 Å². The number of nitro benzene ring substituents is 2. The van der Waals surface area contributed by atoms with Gasteiger partial charge in [0.15, 0.2) is 16.4 Å². The van der Waals surface area contributed by atoms with E-state index < -0.39 is 42.2 Å². The van der Waals surface area contributed by atoms with Crippen LogP contribution in [0.3, 0.4) is 0 Å². The smallest absolute Gasteiger partial charge is 0.296 e. The van der Waals surface area contributed by atoms with Crippen LogP contribution in [-0.4, -0.2) is 37.8 Å². The molecule has 0 aromatic heterocycles. The van der Waals surface area contributed by atoms with Crippen molar-refractivity contribution in [2.24, 2.45) is 5.73 Å². The molecule has 0 spiro atoms. The maximum atomic E-state index is 13.2. The zero-order chi connectivity index (χ0) is 31.9. The number of nitrogen functional groups attached to an aromatic ring is 1. The van der Waals surface area contributed by atoms with E-state index in [0.29, 0.717) is 34.4 Å². The fourth-order valence-corrected chi connectivity index (χ4v) is 5.41. The molecule has 1 atom stereocenters. The van der Waals surface area contributed by atoms with Crippen LogP contribution in [0, 0.1) is 25.6 Å². The highest BCUT2D eigenvalue weighted by Gasteiger charge is 2.29. The number of nitrogens with zero attached hydrogens (tertiary/aromatic N) is 2. The van der Waals surface area contributed by atoms with E-state index in [1.807, 2.05) is 30.3 Å². The monoisotopic (exact) mass is 620 g/mol. The van der Waals surface area contributed by atoms with Crippen molar-refractivity contribution in [3.63, 3.8) is 0 Å². The van der Waals surface area contributed by atoms with E-state index in [0.717, 1.165) is 17.7 Å². The lowest BCUT2D eigenvalue weighted by atomic mass is 10.1. The second-order valence-corrected chi connectivity index (χ2v) is 11.1. The molecule has 0 aliphatic heterocycles. The molecule has 0 heterocycles. The van der Waals surface area contributed by atoms with Gasteiger partial charge in [0.1, 0.15) is 12.4 Å². The number of non-ortho nitro benzene ring substituents is 1. The van der Waals surface area contributed by atoms with Crippen molar-refractivity contribution in [2.45, 2.75) is 17.5 Å². The molecule has 0 saturated heterocycles. The second-order valence-electron chi connectivity index (χ2n) is 9.39. The quantitative estimate of drug-likeness (QED) is 0.0670. The summed E-state index contributed by atoms with van der Waals surface area (Å²) in [5.74, 6) is 0.708. The molecule has 4 rings (SSSR count). The molecule has 5 N–H and O–H groups in total. The maximum Gasteiger partial charge on any atom is 0.296 e. The lowest BCUT2D eigenvalue weighted by Crippen LogP contribution is -2.32. The Hall–Kier alpha value is -5.54. The lowest BCUT2D eigenvalue weighted by molar-refractivity contribution is -0.396. The SMILES string of the molecule is COc1cc(C(CNS(=O)(=O)c2ccc([N+](=O)[O-])cc2[N+](=O)[O-])Nc2ccc(C(=N)N)cc2)ccc1OCc1ccccc1. The molecule has 0 bridgehead atoms. The minimum Gasteiger partial charge on any atom is -0.493 e. The Morgan fingerprint density at radius 2 is 1.64 bits per heavy atom. The van der Waals surface area contributed by atoms with Crippen molar-refractivity contribution in [3.8, 4) is 11.5 Å². The highest BCUT2D eigenvalue weighted by molar-refractivity contribution is 7.89. The predicted molar refractivity (Wildman–Crippen MR) is 163 cm³/mol. The summed E-state index contributed by atoms with van der Waals surface area (Å²) in [5.41, 5.74) is 6.56. The lowest BCUT2D eigenvalue weighted by Gasteiger charge is -2.22. The molecule has 0 amide bonds. The topological polar surface area (TPSA) is 213 Å². The van der Waals surface area contributed by atoms with Gasteiger partial charge in [0.25, 0.3) is 11.4 Å². The molecule has 228 valence electrons. The third-order valence-corrected chi connectivity index (χ3v) is 7.95. The highest BCUT2D eigenvalue weighted by atomic mass is 32.2. The Morgan fingerprint density at radius 3 is 2.25 bits per heavy atom. The molecule has 44 heavy (non-hydrogen) atoms. The first-order chi connectivity index (χ1) is 21.0. The second kappa shape index (κ2) is 13.6. The molecule has 4 aromatic carbocycles. The van der Waals surface area contributed by atoms with Gasteiger partial charge in [-0.25, -0.2) is 13.1 Å². The standard InChI is InChI=1S/C29H28N6O8S/c1-42-27-15-21(9-13-26(27)43-18-19-5-3-2-4-6-19)24(33-22-10-7-20(8-11-22)29(30)31)17-32-44(40,41)28-14-12-23(34(36)37)16-25(28)35(38)39/h2-16,24,32-33H,17-18H2,1H3,(H3,30,31). The molecule has 14 nitrogen and oxygen atoms in total. The third-order valence-electron chi connectivity index (χ3n) is 6.48. The molecule has 0 aliphatic carbocycles. The van der Waals surface area contributed by atoms with Crippen molar-refractivity contribution in [1.82, 2.24) is 4.72 Å². The Balaban J connectivity index is 1.64. The number of methoxy groups -OCH3 is 1. The number of hydrogen-bond acceptors (Lipinski definition) is 10. The van der Waals surface area contributed by atoms with E-state index in [2.05, 4.69) is 10.0 Å². The number of amidine groups is 1. The summed E-state index contributed by atoms with van der Waals surface area (Å²) >= 11 is 0. The van der Waals surface area contributed by atoms with Gasteiger partial charge >= 0.3 is 0 Å². The Labute approximate surface area is 252 Å². The van der Waals surface area contributed by atoms with Gasteiger partial charge in [-0.2, -0.15) is 0 Å². The van der Waals surface area contributed by atoms with Gasteiger partial charge in [-0.05, 0) is 53.6 Å². The first kappa shape index (κ1) is 31.4. The van der Waals surface area contributed by atoms with E-state index in [1.54, 1.807) is 42.5 Å². The molecule has 15 heteroatoms. The molecule has 4 aromatic rings. The first-order valence-corrected chi connectivity index (χ1v) is 14.4. The Morgan fingerprint density at radius 1 is 0.932 bits per heavy atom. The fraction of sp³-hybridized carbons (Fsp3) is 0.138. The molecular weight excluding hydrogens is 592 g/mol. The van der Waals surface area contributed by atoms with E-state index in [-0.39, 0.29) is 19.0 Å². The van der Waals surface area contributed by atoms with Crippen molar-refractivity contribution < 1.29 is 27.7 Å². The van der Waals surface area contributed by atoms with Crippen LogP contribution in [0.25, 0.3) is 0 Å². The van der Waals surface area contributed by atoms with Crippen molar-refractivity contribution in [3.05, 3.63) is 128 Å². The van der Waals surface area contributed by atoms with Crippen molar-refractivity contribution >= 4 is 32.9 Å². The van der Waals surface area contributed by atoms with Crippen LogP contribution in [0.2, 0.25) is 0 Å². The first-order valence-electron chi connectivity index (χ1n) is 13.0. The minimum absolute atomic E-state index is 0.124. The summed E-state index contributed by atoms with van der Waals surface area (Å²) in [6.07, 6.45) is 0. The van der Waals surface area contributed by atoms with Crippen LogP contribution in [0.15, 0.2) is 95.9 Å². The number of rotatable bonds is 14. The zero-order valence-corrected chi connectivity index (χ0v) is 24.1. The molecule has 1 unspecified atom stereocenters. The highest BCUT2D eigenvalue weighted by Crippen LogP contribution is 2.33. The molecular formula is C29H28N6O8S. The Kier molecular flexibility index (Phi) is 9.72. The van der Waals surface area contributed by atoms with Gasteiger partial charge in [-0.1, -0.05) is 36.4 Å². The number of anilines is 1. The van der Waals surface area contributed by atoms with Crippen LogP contribution >= 0.6 is 0 Å². The predicted octanol–water partition coefficient (Wildman–Crippen LogP) is 4.51. The summed E-state index contributed by atoms with van der Waals surface area (Å²) in [5, 5.41) is 33.5. The summed E-state index contributed by atoms with van der Waals surface area (Å²) in [6.45, 7) is -0.00710. The molecule has 0 radical (unpaired) electrons. The number of benzene rings is 4. The van der Waals surface area contributed by atoms with Gasteiger partial charge in [0, 0.05) is 23.9 Å². The van der Waals surface area contributed by atoms with Gasteiger partial charge in [-0.3, -0.25) is 25.6 Å². The summed E-state index contributed by atoms with van der Waals surface area (Å²) in [7, 11) is -3.04. The third kappa shape index (κ3) is 7.64. The average molecular weight is 621 g/mol. The number of sulfonamides is 1. The summed E-state index contributed by atoms with van der Waals surface area (Å²) in [4.78, 5) is 20.1. The number of ether oxygens (including phenoxy) is 2. The average Bonchev–Trinajstić information content (AvgIpc) is 3.02. The van der Waals surface area contributed by atoms with Gasteiger partial charge in [0.05, 0.1) is 29.1 Å². The van der Waals surface area contributed by atoms with E-state index in [4.69, 9.17) is 20.6 Å². The maximum absolute atomic E-state index is 13.2. The normalized spacial score (nSPS) is 11.8. The van der Waals surface area contributed by atoms with Crippen molar-refractivity contribution in [1.29, 1.82) is 5.41 Å². The Bertz CT molecular complexity index is 1780. The van der Waals surface area contributed by atoms with Crippen LogP contribution in [0.4, 0.5) is 17.1 Å². The number of hydrogen-bond donors (Lipinski definition) is 4.